The van der Waals surface area contributed by atoms with Crippen molar-refractivity contribution in [1.82, 2.24) is 15.1 Å². The Bertz CT molecular complexity index is 571. The number of ether oxygens (including phenoxy) is 1. The predicted molar refractivity (Wildman–Crippen MR) is 79.3 cm³/mol. The van der Waals surface area contributed by atoms with E-state index in [4.69, 9.17) is 16.3 Å². The number of rotatable bonds is 5. The minimum atomic E-state index is 0.184. The van der Waals surface area contributed by atoms with Crippen LogP contribution in [0, 0.1) is 0 Å². The van der Waals surface area contributed by atoms with Gasteiger partial charge in [0.05, 0.1) is 6.54 Å². The van der Waals surface area contributed by atoms with Crippen LogP contribution < -0.4 is 10.1 Å². The molecule has 2 unspecified atom stereocenters. The Balaban J connectivity index is 1.48. The van der Waals surface area contributed by atoms with Crippen LogP contribution in [0.15, 0.2) is 36.7 Å². The zero-order chi connectivity index (χ0) is 13.9. The van der Waals surface area contributed by atoms with Crippen molar-refractivity contribution in [3.63, 3.8) is 0 Å². The third kappa shape index (κ3) is 3.14. The number of nitrogens with zero attached hydrogens (tertiary/aromatic N) is 2. The van der Waals surface area contributed by atoms with E-state index in [-0.39, 0.29) is 6.10 Å². The topological polar surface area (TPSA) is 39.1 Å². The second-order valence-electron chi connectivity index (χ2n) is 5.23. The van der Waals surface area contributed by atoms with Crippen molar-refractivity contribution in [1.29, 1.82) is 0 Å². The van der Waals surface area contributed by atoms with E-state index in [2.05, 4.69) is 17.3 Å². The molecular weight excluding hydrogens is 274 g/mol. The average Bonchev–Trinajstić information content (AvgIpc) is 3.04. The minimum absolute atomic E-state index is 0.184. The van der Waals surface area contributed by atoms with Gasteiger partial charge >= 0.3 is 0 Å². The number of fused-ring (bicyclic) bond motifs is 1. The van der Waals surface area contributed by atoms with E-state index in [9.17, 15) is 0 Å². The Labute approximate surface area is 123 Å². The SMILES string of the molecule is CC(Cn1cccn1)NCC1Cc2cc(Cl)ccc2O1. The van der Waals surface area contributed by atoms with Gasteiger partial charge in [-0.3, -0.25) is 4.68 Å². The highest BCUT2D eigenvalue weighted by Crippen LogP contribution is 2.30. The standard InChI is InChI=1S/C15H18ClN3O/c1-11(10-19-6-2-5-18-19)17-9-14-8-12-7-13(16)3-4-15(12)20-14/h2-7,11,14,17H,8-10H2,1H3. The molecule has 2 aromatic rings. The summed E-state index contributed by atoms with van der Waals surface area (Å²) in [6.07, 6.45) is 4.87. The van der Waals surface area contributed by atoms with Crippen molar-refractivity contribution in [3.8, 4) is 5.75 Å². The summed E-state index contributed by atoms with van der Waals surface area (Å²) in [6, 6.07) is 8.10. The molecule has 0 amide bonds. The van der Waals surface area contributed by atoms with E-state index in [0.29, 0.717) is 6.04 Å². The summed E-state index contributed by atoms with van der Waals surface area (Å²) in [6.45, 7) is 3.84. The summed E-state index contributed by atoms with van der Waals surface area (Å²) < 4.78 is 7.84. The van der Waals surface area contributed by atoms with Crippen molar-refractivity contribution in [2.75, 3.05) is 6.54 Å². The third-order valence-corrected chi connectivity index (χ3v) is 3.71. The maximum atomic E-state index is 6.00. The van der Waals surface area contributed by atoms with Gasteiger partial charge in [-0.05, 0) is 36.8 Å². The van der Waals surface area contributed by atoms with Gasteiger partial charge in [-0.2, -0.15) is 5.10 Å². The van der Waals surface area contributed by atoms with Gasteiger partial charge in [-0.15, -0.1) is 0 Å². The van der Waals surface area contributed by atoms with Gasteiger partial charge in [0.1, 0.15) is 11.9 Å². The summed E-state index contributed by atoms with van der Waals surface area (Å²) >= 11 is 6.00. The van der Waals surface area contributed by atoms with Gasteiger partial charge < -0.3 is 10.1 Å². The van der Waals surface area contributed by atoms with E-state index in [1.54, 1.807) is 6.20 Å². The van der Waals surface area contributed by atoms with Crippen molar-refractivity contribution >= 4 is 11.6 Å². The van der Waals surface area contributed by atoms with Gasteiger partial charge in [0.25, 0.3) is 0 Å². The lowest BCUT2D eigenvalue weighted by atomic mass is 10.1. The summed E-state index contributed by atoms with van der Waals surface area (Å²) in [4.78, 5) is 0. The molecule has 1 aliphatic heterocycles. The lowest BCUT2D eigenvalue weighted by Crippen LogP contribution is -2.38. The van der Waals surface area contributed by atoms with Crippen molar-refractivity contribution in [2.45, 2.75) is 32.0 Å². The second-order valence-corrected chi connectivity index (χ2v) is 5.67. The largest absolute Gasteiger partial charge is 0.488 e. The summed E-state index contributed by atoms with van der Waals surface area (Å²) in [5.41, 5.74) is 1.20. The van der Waals surface area contributed by atoms with Crippen LogP contribution in [-0.4, -0.2) is 28.5 Å². The first kappa shape index (κ1) is 13.5. The van der Waals surface area contributed by atoms with Crippen LogP contribution in [0.3, 0.4) is 0 Å². The molecule has 0 radical (unpaired) electrons. The van der Waals surface area contributed by atoms with Crippen LogP contribution in [0.4, 0.5) is 0 Å². The first-order chi connectivity index (χ1) is 9.70. The maximum Gasteiger partial charge on any atom is 0.123 e. The molecule has 3 rings (SSSR count). The number of hydrogen-bond donors (Lipinski definition) is 1. The molecule has 0 spiro atoms. The molecule has 0 saturated carbocycles. The lowest BCUT2D eigenvalue weighted by Gasteiger charge is -2.17. The van der Waals surface area contributed by atoms with Crippen LogP contribution in [0.2, 0.25) is 5.02 Å². The number of benzene rings is 1. The molecule has 20 heavy (non-hydrogen) atoms. The molecule has 5 heteroatoms. The maximum absolute atomic E-state index is 6.00. The fourth-order valence-corrected chi connectivity index (χ4v) is 2.68. The molecule has 2 atom stereocenters. The fourth-order valence-electron chi connectivity index (χ4n) is 2.49. The number of hydrogen-bond acceptors (Lipinski definition) is 3. The average molecular weight is 292 g/mol. The molecule has 0 aliphatic carbocycles. The van der Waals surface area contributed by atoms with Gasteiger partial charge in [0.15, 0.2) is 0 Å². The van der Waals surface area contributed by atoms with Gasteiger partial charge in [0, 0.05) is 36.4 Å². The van der Waals surface area contributed by atoms with E-state index in [1.807, 2.05) is 35.1 Å². The second kappa shape index (κ2) is 5.85. The fraction of sp³-hybridized carbons (Fsp3) is 0.400. The number of nitrogens with one attached hydrogen (secondary N) is 1. The first-order valence-electron chi connectivity index (χ1n) is 6.86. The molecule has 0 saturated heterocycles. The molecule has 1 aliphatic rings. The van der Waals surface area contributed by atoms with Crippen molar-refractivity contribution in [3.05, 3.63) is 47.2 Å². The quantitative estimate of drug-likeness (QED) is 0.920. The Kier molecular flexibility index (Phi) is 3.94. The van der Waals surface area contributed by atoms with Crippen LogP contribution in [-0.2, 0) is 13.0 Å². The first-order valence-corrected chi connectivity index (χ1v) is 7.24. The third-order valence-electron chi connectivity index (χ3n) is 3.48. The van der Waals surface area contributed by atoms with E-state index < -0.39 is 0 Å². The van der Waals surface area contributed by atoms with Gasteiger partial charge in [-0.25, -0.2) is 0 Å². The van der Waals surface area contributed by atoms with Crippen LogP contribution in [0.1, 0.15) is 12.5 Å². The minimum Gasteiger partial charge on any atom is -0.488 e. The Morgan fingerprint density at radius 2 is 2.45 bits per heavy atom. The van der Waals surface area contributed by atoms with E-state index in [0.717, 1.165) is 30.3 Å². The molecule has 106 valence electrons. The Hall–Kier alpha value is -1.52. The monoisotopic (exact) mass is 291 g/mol. The molecule has 1 aromatic heterocycles. The number of aromatic nitrogens is 2. The molecule has 0 fully saturated rings. The number of halogens is 1. The molecule has 0 bridgehead atoms. The zero-order valence-corrected chi connectivity index (χ0v) is 12.2. The highest BCUT2D eigenvalue weighted by atomic mass is 35.5. The Morgan fingerprint density at radius 3 is 3.25 bits per heavy atom. The summed E-state index contributed by atoms with van der Waals surface area (Å²) in [7, 11) is 0. The highest BCUT2D eigenvalue weighted by Gasteiger charge is 2.23. The van der Waals surface area contributed by atoms with Crippen LogP contribution in [0.25, 0.3) is 0 Å². The molecule has 1 aromatic carbocycles. The van der Waals surface area contributed by atoms with Crippen molar-refractivity contribution < 1.29 is 4.74 Å². The predicted octanol–water partition coefficient (Wildman–Crippen LogP) is 2.52. The smallest absolute Gasteiger partial charge is 0.123 e. The highest BCUT2D eigenvalue weighted by molar-refractivity contribution is 6.30. The molecule has 2 heterocycles. The molecule has 4 nitrogen and oxygen atoms in total. The molecular formula is C15H18ClN3O. The van der Waals surface area contributed by atoms with E-state index >= 15 is 0 Å². The summed E-state index contributed by atoms with van der Waals surface area (Å²) in [5, 5.41) is 8.47. The van der Waals surface area contributed by atoms with Crippen LogP contribution >= 0.6 is 11.6 Å². The summed E-state index contributed by atoms with van der Waals surface area (Å²) in [5.74, 6) is 0.959. The molecule has 1 N–H and O–H groups in total. The normalized spacial score (nSPS) is 18.6. The Morgan fingerprint density at radius 1 is 1.55 bits per heavy atom. The lowest BCUT2D eigenvalue weighted by molar-refractivity contribution is 0.220. The zero-order valence-electron chi connectivity index (χ0n) is 11.4. The van der Waals surface area contributed by atoms with Crippen molar-refractivity contribution in [2.24, 2.45) is 0 Å². The van der Waals surface area contributed by atoms with E-state index in [1.165, 1.54) is 5.56 Å². The van der Waals surface area contributed by atoms with Gasteiger partial charge in [-0.1, -0.05) is 11.6 Å². The van der Waals surface area contributed by atoms with Crippen LogP contribution in [0.5, 0.6) is 5.75 Å². The van der Waals surface area contributed by atoms with Gasteiger partial charge in [0.2, 0.25) is 0 Å².